The summed E-state index contributed by atoms with van der Waals surface area (Å²) in [6.45, 7) is 0. The van der Waals surface area contributed by atoms with Crippen molar-refractivity contribution in [2.75, 3.05) is 0 Å². The Morgan fingerprint density at radius 2 is 1.72 bits per heavy atom. The second-order valence-corrected chi connectivity index (χ2v) is 4.38. The number of aromatic amines is 1. The molecular formula is C14H6NO3-. The normalized spacial score (nSPS) is 12.0. The Bertz CT molecular complexity index is 1020. The van der Waals surface area contributed by atoms with Crippen LogP contribution in [0.4, 0.5) is 0 Å². The Morgan fingerprint density at radius 3 is 2.56 bits per heavy atom. The van der Waals surface area contributed by atoms with Gasteiger partial charge in [0, 0.05) is 26.9 Å². The number of nitrogens with one attached hydrogen (secondary N) is 1. The van der Waals surface area contributed by atoms with Crippen molar-refractivity contribution in [3.63, 3.8) is 0 Å². The molecule has 0 saturated heterocycles. The van der Waals surface area contributed by atoms with Gasteiger partial charge in [-0.25, -0.2) is 0 Å². The fourth-order valence-electron chi connectivity index (χ4n) is 2.72. The second kappa shape index (κ2) is 2.79. The number of H-pyrrole nitrogens is 1. The van der Waals surface area contributed by atoms with E-state index in [1.807, 2.05) is 6.07 Å². The first-order valence-corrected chi connectivity index (χ1v) is 5.52. The SMILES string of the molecule is O=c1[nH]c([O-])c2c(=O)c3cccc4ccc1c2c43. The van der Waals surface area contributed by atoms with Gasteiger partial charge in [-0.05, 0) is 17.3 Å². The summed E-state index contributed by atoms with van der Waals surface area (Å²) in [7, 11) is 0. The smallest absolute Gasteiger partial charge is 0.255 e. The van der Waals surface area contributed by atoms with Crippen molar-refractivity contribution in [1.82, 2.24) is 4.98 Å². The molecule has 1 heterocycles. The molecule has 4 aromatic rings. The third-order valence-electron chi connectivity index (χ3n) is 3.47. The molecule has 1 aromatic heterocycles. The van der Waals surface area contributed by atoms with Gasteiger partial charge >= 0.3 is 0 Å². The first kappa shape index (κ1) is 9.41. The molecule has 4 heteroatoms. The molecule has 0 aliphatic heterocycles. The first-order valence-electron chi connectivity index (χ1n) is 5.52. The lowest BCUT2D eigenvalue weighted by atomic mass is 10.0. The van der Waals surface area contributed by atoms with Crippen molar-refractivity contribution in [2.45, 2.75) is 0 Å². The number of hydrogen-bond donors (Lipinski definition) is 1. The monoisotopic (exact) mass is 236 g/mol. The summed E-state index contributed by atoms with van der Waals surface area (Å²) in [5, 5.41) is 14.9. The maximum Gasteiger partial charge on any atom is 0.255 e. The number of hydrogen-bond acceptors (Lipinski definition) is 3. The molecule has 0 atom stereocenters. The van der Waals surface area contributed by atoms with Crippen molar-refractivity contribution >= 4 is 32.3 Å². The van der Waals surface area contributed by atoms with Crippen LogP contribution in [0.15, 0.2) is 39.9 Å². The van der Waals surface area contributed by atoms with E-state index < -0.39 is 11.4 Å². The topological polar surface area (TPSA) is 73.0 Å². The van der Waals surface area contributed by atoms with Gasteiger partial charge in [-0.1, -0.05) is 24.3 Å². The van der Waals surface area contributed by atoms with Gasteiger partial charge < -0.3 is 10.1 Å². The Morgan fingerprint density at radius 1 is 0.889 bits per heavy atom. The van der Waals surface area contributed by atoms with Crippen molar-refractivity contribution in [1.29, 1.82) is 0 Å². The fourth-order valence-corrected chi connectivity index (χ4v) is 2.72. The minimum absolute atomic E-state index is 0.0939. The Labute approximate surface area is 99.8 Å². The largest absolute Gasteiger partial charge is 0.860 e. The summed E-state index contributed by atoms with van der Waals surface area (Å²) in [5.74, 6) is -0.596. The van der Waals surface area contributed by atoms with E-state index in [1.54, 1.807) is 24.3 Å². The number of aromatic nitrogens is 1. The van der Waals surface area contributed by atoms with Gasteiger partial charge in [0.2, 0.25) is 0 Å². The molecule has 0 aliphatic carbocycles. The van der Waals surface area contributed by atoms with Crippen LogP contribution in [0.1, 0.15) is 0 Å². The molecule has 3 aromatic carbocycles. The molecule has 0 amide bonds. The van der Waals surface area contributed by atoms with Gasteiger partial charge in [-0.15, -0.1) is 0 Å². The van der Waals surface area contributed by atoms with Gasteiger partial charge in [-0.3, -0.25) is 9.59 Å². The molecule has 0 aliphatic rings. The lowest BCUT2D eigenvalue weighted by Gasteiger charge is -2.08. The molecular weight excluding hydrogens is 230 g/mol. The van der Waals surface area contributed by atoms with E-state index in [0.717, 1.165) is 10.8 Å². The third kappa shape index (κ3) is 0.876. The minimum Gasteiger partial charge on any atom is -0.860 e. The highest BCUT2D eigenvalue weighted by atomic mass is 16.3. The summed E-state index contributed by atoms with van der Waals surface area (Å²) < 4.78 is 0. The fraction of sp³-hybridized carbons (Fsp3) is 0. The van der Waals surface area contributed by atoms with Crippen LogP contribution >= 0.6 is 0 Å². The zero-order chi connectivity index (χ0) is 12.4. The Balaban J connectivity index is 2.62. The van der Waals surface area contributed by atoms with Crippen molar-refractivity contribution in [2.24, 2.45) is 0 Å². The van der Waals surface area contributed by atoms with Crippen LogP contribution in [0.5, 0.6) is 5.88 Å². The minimum atomic E-state index is -0.596. The van der Waals surface area contributed by atoms with Crippen LogP contribution in [0, 0.1) is 0 Å². The average Bonchev–Trinajstić information content (AvgIpc) is 2.66. The third-order valence-corrected chi connectivity index (χ3v) is 3.47. The molecule has 18 heavy (non-hydrogen) atoms. The molecule has 0 fully saturated rings. The van der Waals surface area contributed by atoms with Crippen molar-refractivity contribution in [3.05, 3.63) is 50.9 Å². The van der Waals surface area contributed by atoms with Gasteiger partial charge in [0.15, 0.2) is 5.43 Å². The van der Waals surface area contributed by atoms with E-state index in [0.29, 0.717) is 16.2 Å². The predicted molar refractivity (Wildman–Crippen MR) is 67.7 cm³/mol. The molecule has 1 N–H and O–H groups in total. The maximum atomic E-state index is 12.2. The van der Waals surface area contributed by atoms with Crippen LogP contribution < -0.4 is 16.1 Å². The summed E-state index contributed by atoms with van der Waals surface area (Å²) in [6, 6.07) is 8.78. The number of benzene rings is 2. The molecule has 0 saturated carbocycles. The van der Waals surface area contributed by atoms with Crippen LogP contribution in [0.2, 0.25) is 0 Å². The number of pyridine rings is 1. The zero-order valence-electron chi connectivity index (χ0n) is 9.11. The highest BCUT2D eigenvalue weighted by Gasteiger charge is 2.16. The lowest BCUT2D eigenvalue weighted by molar-refractivity contribution is -0.272. The zero-order valence-corrected chi connectivity index (χ0v) is 9.11. The molecule has 86 valence electrons. The van der Waals surface area contributed by atoms with Crippen molar-refractivity contribution in [3.8, 4) is 5.88 Å². The van der Waals surface area contributed by atoms with Gasteiger partial charge in [0.25, 0.3) is 5.56 Å². The van der Waals surface area contributed by atoms with E-state index in [1.165, 1.54) is 0 Å². The second-order valence-electron chi connectivity index (χ2n) is 4.38. The van der Waals surface area contributed by atoms with Crippen LogP contribution in [0.25, 0.3) is 32.3 Å². The first-order chi connectivity index (χ1) is 8.68. The summed E-state index contributed by atoms with van der Waals surface area (Å²) in [6.07, 6.45) is 0. The highest BCUT2D eigenvalue weighted by Crippen LogP contribution is 2.33. The van der Waals surface area contributed by atoms with E-state index in [9.17, 15) is 14.7 Å². The van der Waals surface area contributed by atoms with Crippen LogP contribution in [-0.4, -0.2) is 4.98 Å². The highest BCUT2D eigenvalue weighted by molar-refractivity contribution is 6.26. The molecule has 0 radical (unpaired) electrons. The standard InChI is InChI=1S/C14H7NO3/c16-12-7-3-1-2-6-4-5-8-10(9(6)7)11(12)14(18)15-13(8)17/h1-5H,(H2,15,17,18)/p-1. The van der Waals surface area contributed by atoms with E-state index in [-0.39, 0.29) is 10.8 Å². The summed E-state index contributed by atoms with van der Waals surface area (Å²) >= 11 is 0. The van der Waals surface area contributed by atoms with Gasteiger partial charge in [-0.2, -0.15) is 0 Å². The van der Waals surface area contributed by atoms with E-state index in [4.69, 9.17) is 0 Å². The maximum absolute atomic E-state index is 12.2. The van der Waals surface area contributed by atoms with Crippen LogP contribution in [-0.2, 0) is 0 Å². The van der Waals surface area contributed by atoms with Crippen molar-refractivity contribution < 1.29 is 5.11 Å². The molecule has 0 spiro atoms. The Kier molecular flexibility index (Phi) is 1.46. The molecule has 0 unspecified atom stereocenters. The predicted octanol–water partition coefficient (Wildman–Crippen LogP) is 1.14. The van der Waals surface area contributed by atoms with E-state index in [2.05, 4.69) is 4.98 Å². The van der Waals surface area contributed by atoms with Gasteiger partial charge in [0.05, 0.1) is 0 Å². The molecule has 0 bridgehead atoms. The lowest BCUT2D eigenvalue weighted by Crippen LogP contribution is -2.12. The van der Waals surface area contributed by atoms with Crippen LogP contribution in [0.3, 0.4) is 0 Å². The Hall–Kier alpha value is -2.62. The molecule has 4 nitrogen and oxygen atoms in total. The summed E-state index contributed by atoms with van der Waals surface area (Å²) in [5.41, 5.74) is -0.738. The molecule has 4 rings (SSSR count). The summed E-state index contributed by atoms with van der Waals surface area (Å²) in [4.78, 5) is 26.2. The van der Waals surface area contributed by atoms with E-state index >= 15 is 0 Å². The number of rotatable bonds is 0. The quantitative estimate of drug-likeness (QED) is 0.465. The average molecular weight is 236 g/mol. The van der Waals surface area contributed by atoms with Gasteiger partial charge in [0.1, 0.15) is 0 Å².